The van der Waals surface area contributed by atoms with Crippen molar-refractivity contribution in [3.05, 3.63) is 42.5 Å². The average Bonchev–Trinajstić information content (AvgIpc) is 2.38. The number of anilines is 1. The number of benzene rings is 1. The fourth-order valence-corrected chi connectivity index (χ4v) is 1.94. The smallest absolute Gasteiger partial charge is 0.244 e. The third-order valence-corrected chi connectivity index (χ3v) is 2.99. The molecule has 4 nitrogen and oxygen atoms in total. The number of amides is 2. The molecule has 0 aliphatic carbocycles. The zero-order valence-electron chi connectivity index (χ0n) is 12.3. The van der Waals surface area contributed by atoms with E-state index in [9.17, 15) is 9.59 Å². The van der Waals surface area contributed by atoms with Crippen LogP contribution in [0.25, 0.3) is 0 Å². The van der Waals surface area contributed by atoms with Gasteiger partial charge in [-0.15, -0.1) is 6.58 Å². The minimum atomic E-state index is -0.199. The molecule has 108 valence electrons. The Morgan fingerprint density at radius 3 is 2.55 bits per heavy atom. The van der Waals surface area contributed by atoms with Gasteiger partial charge in [-0.25, -0.2) is 0 Å². The molecule has 0 radical (unpaired) electrons. The maximum absolute atomic E-state index is 12.0. The highest BCUT2D eigenvalue weighted by Gasteiger charge is 2.14. The number of hydrogen-bond donors (Lipinski definition) is 1. The molecule has 1 aromatic carbocycles. The first-order chi connectivity index (χ1) is 9.45. The molecule has 0 saturated carbocycles. The molecule has 0 aliphatic heterocycles. The Balaban J connectivity index is 2.75. The van der Waals surface area contributed by atoms with Gasteiger partial charge in [0.05, 0.1) is 0 Å². The van der Waals surface area contributed by atoms with Crippen molar-refractivity contribution in [2.24, 2.45) is 0 Å². The van der Waals surface area contributed by atoms with E-state index in [4.69, 9.17) is 0 Å². The molecule has 2 amide bonds. The summed E-state index contributed by atoms with van der Waals surface area (Å²) in [5.41, 5.74) is 1.88. The van der Waals surface area contributed by atoms with Gasteiger partial charge in [-0.1, -0.05) is 38.1 Å². The summed E-state index contributed by atoms with van der Waals surface area (Å²) in [6.07, 6.45) is 1.61. The highest BCUT2D eigenvalue weighted by molar-refractivity contribution is 5.95. The molecule has 1 N–H and O–H groups in total. The summed E-state index contributed by atoms with van der Waals surface area (Å²) in [6.45, 7) is 9.58. The van der Waals surface area contributed by atoms with E-state index in [1.54, 1.807) is 6.08 Å². The topological polar surface area (TPSA) is 49.4 Å². The van der Waals surface area contributed by atoms with E-state index in [2.05, 4.69) is 25.7 Å². The summed E-state index contributed by atoms with van der Waals surface area (Å²) in [5.74, 6) is -0.0177. The fraction of sp³-hybridized carbons (Fsp3) is 0.375. The quantitative estimate of drug-likeness (QED) is 0.811. The predicted octanol–water partition coefficient (Wildman–Crippen LogP) is 2.78. The second-order valence-electron chi connectivity index (χ2n) is 4.98. The van der Waals surface area contributed by atoms with E-state index >= 15 is 0 Å². The van der Waals surface area contributed by atoms with Crippen LogP contribution in [-0.4, -0.2) is 29.8 Å². The molecule has 0 atom stereocenters. The molecule has 1 rings (SSSR count). The summed E-state index contributed by atoms with van der Waals surface area (Å²) < 4.78 is 0. The zero-order valence-corrected chi connectivity index (χ0v) is 12.3. The highest BCUT2D eigenvalue weighted by atomic mass is 16.2. The molecule has 0 fully saturated rings. The number of carbonyl (C=O) groups excluding carboxylic acids is 2. The van der Waals surface area contributed by atoms with E-state index in [0.717, 1.165) is 11.3 Å². The van der Waals surface area contributed by atoms with E-state index in [-0.39, 0.29) is 18.4 Å². The summed E-state index contributed by atoms with van der Waals surface area (Å²) in [4.78, 5) is 24.9. The van der Waals surface area contributed by atoms with Crippen molar-refractivity contribution in [2.75, 3.05) is 18.4 Å². The number of para-hydroxylation sites is 1. The van der Waals surface area contributed by atoms with Gasteiger partial charge >= 0.3 is 0 Å². The Hall–Kier alpha value is -2.10. The summed E-state index contributed by atoms with van der Waals surface area (Å²) in [5, 5.41) is 2.87. The first-order valence-electron chi connectivity index (χ1n) is 6.71. The van der Waals surface area contributed by atoms with Crippen LogP contribution in [0.15, 0.2) is 36.9 Å². The Bertz CT molecular complexity index is 495. The van der Waals surface area contributed by atoms with Gasteiger partial charge < -0.3 is 10.2 Å². The molecular formula is C16H22N2O2. The molecule has 0 bridgehead atoms. The zero-order chi connectivity index (χ0) is 15.1. The van der Waals surface area contributed by atoms with Crippen LogP contribution in [0.3, 0.4) is 0 Å². The molecule has 0 unspecified atom stereocenters. The Morgan fingerprint density at radius 2 is 2.00 bits per heavy atom. The van der Waals surface area contributed by atoms with Crippen LogP contribution < -0.4 is 5.32 Å². The lowest BCUT2D eigenvalue weighted by atomic mass is 10.0. The summed E-state index contributed by atoms with van der Waals surface area (Å²) in [7, 11) is 0. The molecule has 0 saturated heterocycles. The van der Waals surface area contributed by atoms with Gasteiger partial charge in [0.2, 0.25) is 11.8 Å². The fourth-order valence-electron chi connectivity index (χ4n) is 1.94. The van der Waals surface area contributed by atoms with Crippen LogP contribution >= 0.6 is 0 Å². The molecule has 0 spiro atoms. The molecule has 20 heavy (non-hydrogen) atoms. The largest absolute Gasteiger partial charge is 0.330 e. The summed E-state index contributed by atoms with van der Waals surface area (Å²) >= 11 is 0. The van der Waals surface area contributed by atoms with Gasteiger partial charge in [0.1, 0.15) is 6.54 Å². The van der Waals surface area contributed by atoms with Crippen molar-refractivity contribution in [3.63, 3.8) is 0 Å². The minimum Gasteiger partial charge on any atom is -0.330 e. The lowest BCUT2D eigenvalue weighted by Gasteiger charge is -2.19. The van der Waals surface area contributed by atoms with Crippen LogP contribution in [0.4, 0.5) is 5.69 Å². The Kier molecular flexibility index (Phi) is 5.97. The normalized spacial score (nSPS) is 10.2. The van der Waals surface area contributed by atoms with Gasteiger partial charge in [-0.2, -0.15) is 0 Å². The first kappa shape index (κ1) is 16.0. The predicted molar refractivity (Wildman–Crippen MR) is 81.6 cm³/mol. The van der Waals surface area contributed by atoms with Gasteiger partial charge in [0.15, 0.2) is 0 Å². The third kappa shape index (κ3) is 4.53. The maximum atomic E-state index is 12.0. The standard InChI is InChI=1S/C16H22N2O2/c1-5-10-18(13(4)19)11-16(20)17-15-9-7-6-8-14(15)12(2)3/h5-9,12H,1,10-11H2,2-4H3,(H,17,20). The number of rotatable bonds is 6. The molecule has 1 aromatic rings. The molecule has 4 heteroatoms. The lowest BCUT2D eigenvalue weighted by Crippen LogP contribution is -2.36. The lowest BCUT2D eigenvalue weighted by molar-refractivity contribution is -0.132. The van der Waals surface area contributed by atoms with E-state index < -0.39 is 0 Å². The van der Waals surface area contributed by atoms with Gasteiger partial charge in [0.25, 0.3) is 0 Å². The second-order valence-corrected chi connectivity index (χ2v) is 4.98. The maximum Gasteiger partial charge on any atom is 0.244 e. The molecule has 0 aliphatic rings. The average molecular weight is 274 g/mol. The van der Waals surface area contributed by atoms with Crippen LogP contribution in [-0.2, 0) is 9.59 Å². The van der Waals surface area contributed by atoms with Crippen molar-refractivity contribution in [2.45, 2.75) is 26.7 Å². The van der Waals surface area contributed by atoms with Crippen molar-refractivity contribution < 1.29 is 9.59 Å². The van der Waals surface area contributed by atoms with Crippen LogP contribution in [0.5, 0.6) is 0 Å². The monoisotopic (exact) mass is 274 g/mol. The second kappa shape index (κ2) is 7.48. The van der Waals surface area contributed by atoms with Crippen molar-refractivity contribution in [1.29, 1.82) is 0 Å². The Morgan fingerprint density at radius 1 is 1.35 bits per heavy atom. The van der Waals surface area contributed by atoms with Crippen LogP contribution in [0.1, 0.15) is 32.3 Å². The van der Waals surface area contributed by atoms with Gasteiger partial charge in [-0.3, -0.25) is 9.59 Å². The van der Waals surface area contributed by atoms with Gasteiger partial charge in [0, 0.05) is 19.2 Å². The number of carbonyl (C=O) groups is 2. The van der Waals surface area contributed by atoms with E-state index in [1.165, 1.54) is 11.8 Å². The minimum absolute atomic E-state index is 0.0355. The highest BCUT2D eigenvalue weighted by Crippen LogP contribution is 2.23. The van der Waals surface area contributed by atoms with Crippen molar-refractivity contribution in [1.82, 2.24) is 4.90 Å². The number of hydrogen-bond acceptors (Lipinski definition) is 2. The molecular weight excluding hydrogens is 252 g/mol. The number of nitrogens with one attached hydrogen (secondary N) is 1. The summed E-state index contributed by atoms with van der Waals surface area (Å²) in [6, 6.07) is 7.70. The molecule has 0 aromatic heterocycles. The third-order valence-electron chi connectivity index (χ3n) is 2.99. The van der Waals surface area contributed by atoms with Crippen molar-refractivity contribution in [3.8, 4) is 0 Å². The molecule has 0 heterocycles. The first-order valence-corrected chi connectivity index (χ1v) is 6.71. The van der Waals surface area contributed by atoms with Crippen molar-refractivity contribution >= 4 is 17.5 Å². The van der Waals surface area contributed by atoms with Crippen LogP contribution in [0, 0.1) is 0 Å². The van der Waals surface area contributed by atoms with Gasteiger partial charge in [-0.05, 0) is 17.5 Å². The Labute approximate surface area is 120 Å². The number of nitrogens with zero attached hydrogens (tertiary/aromatic N) is 1. The SMILES string of the molecule is C=CCN(CC(=O)Nc1ccccc1C(C)C)C(C)=O. The van der Waals surface area contributed by atoms with E-state index in [0.29, 0.717) is 12.5 Å². The van der Waals surface area contributed by atoms with E-state index in [1.807, 2.05) is 24.3 Å². The van der Waals surface area contributed by atoms with Crippen LogP contribution in [0.2, 0.25) is 0 Å².